The highest BCUT2D eigenvalue weighted by molar-refractivity contribution is 8.00. The van der Waals surface area contributed by atoms with Crippen molar-refractivity contribution in [3.05, 3.63) is 59.4 Å². The molecule has 1 aliphatic carbocycles. The Bertz CT molecular complexity index is 630. The number of likely N-dealkylation sites (N-methyl/N-ethyl adjacent to an activating group) is 1. The van der Waals surface area contributed by atoms with Crippen molar-refractivity contribution in [2.75, 3.05) is 7.05 Å². The molecule has 0 amide bonds. The molecule has 3 heteroatoms. The summed E-state index contributed by atoms with van der Waals surface area (Å²) in [4.78, 5) is 6.14. The van der Waals surface area contributed by atoms with E-state index in [1.807, 2.05) is 18.0 Å². The van der Waals surface area contributed by atoms with Gasteiger partial charge in [-0.2, -0.15) is 0 Å². The summed E-state index contributed by atoms with van der Waals surface area (Å²) in [5.74, 6) is 0.554. The van der Waals surface area contributed by atoms with E-state index in [1.165, 1.54) is 41.0 Å². The first kappa shape index (κ1) is 13.4. The molecule has 1 aliphatic heterocycles. The number of pyridine rings is 1. The molecular formula is C18H20N2S. The van der Waals surface area contributed by atoms with Gasteiger partial charge in [0.05, 0.1) is 0 Å². The monoisotopic (exact) mass is 296 g/mol. The second kappa shape index (κ2) is 5.47. The number of hydrogen-bond donors (Lipinski definition) is 1. The van der Waals surface area contributed by atoms with Crippen LogP contribution >= 0.6 is 11.8 Å². The van der Waals surface area contributed by atoms with Gasteiger partial charge in [0.15, 0.2) is 0 Å². The van der Waals surface area contributed by atoms with Gasteiger partial charge in [0, 0.05) is 34.0 Å². The Morgan fingerprint density at radius 2 is 2.05 bits per heavy atom. The maximum Gasteiger partial charge on any atom is 0.0482 e. The average Bonchev–Trinajstić information content (AvgIpc) is 3.13. The molecule has 2 aromatic rings. The van der Waals surface area contributed by atoms with Gasteiger partial charge in [0.2, 0.25) is 0 Å². The number of hydrogen-bond acceptors (Lipinski definition) is 3. The highest BCUT2D eigenvalue weighted by Gasteiger charge is 2.37. The largest absolute Gasteiger partial charge is 0.315 e. The Hall–Kier alpha value is -1.32. The van der Waals surface area contributed by atoms with Crippen molar-refractivity contribution in [2.24, 2.45) is 0 Å². The SMILES string of the molecule is CNC(C1Cc2ccccc2S1)C1CCc2cccnc21. The first-order chi connectivity index (χ1) is 10.4. The van der Waals surface area contributed by atoms with Gasteiger partial charge in [-0.15, -0.1) is 11.8 Å². The summed E-state index contributed by atoms with van der Waals surface area (Å²) in [6, 6.07) is 13.6. The van der Waals surface area contributed by atoms with Gasteiger partial charge in [-0.05, 0) is 49.6 Å². The van der Waals surface area contributed by atoms with Crippen molar-refractivity contribution < 1.29 is 0 Å². The highest BCUT2D eigenvalue weighted by atomic mass is 32.2. The van der Waals surface area contributed by atoms with Crippen molar-refractivity contribution in [3.63, 3.8) is 0 Å². The predicted molar refractivity (Wildman–Crippen MR) is 87.9 cm³/mol. The second-order valence-corrected chi connectivity index (χ2v) is 7.26. The smallest absolute Gasteiger partial charge is 0.0482 e. The van der Waals surface area contributed by atoms with E-state index in [2.05, 4.69) is 53.7 Å². The molecule has 0 fully saturated rings. The number of nitrogens with one attached hydrogen (secondary N) is 1. The number of aryl methyl sites for hydroxylation is 1. The van der Waals surface area contributed by atoms with Crippen LogP contribution in [0.25, 0.3) is 0 Å². The molecule has 3 unspecified atom stereocenters. The van der Waals surface area contributed by atoms with Crippen LogP contribution in [0.4, 0.5) is 0 Å². The van der Waals surface area contributed by atoms with E-state index in [0.717, 1.165) is 0 Å². The molecule has 108 valence electrons. The van der Waals surface area contributed by atoms with Crippen LogP contribution in [0.1, 0.15) is 29.2 Å². The van der Waals surface area contributed by atoms with Crippen LogP contribution in [0.2, 0.25) is 0 Å². The number of aromatic nitrogens is 1. The summed E-state index contributed by atoms with van der Waals surface area (Å²) >= 11 is 2.04. The van der Waals surface area contributed by atoms with Gasteiger partial charge in [0.25, 0.3) is 0 Å². The number of thioether (sulfide) groups is 1. The van der Waals surface area contributed by atoms with Crippen molar-refractivity contribution >= 4 is 11.8 Å². The zero-order valence-electron chi connectivity index (χ0n) is 12.3. The van der Waals surface area contributed by atoms with E-state index < -0.39 is 0 Å². The van der Waals surface area contributed by atoms with Crippen LogP contribution in [0.15, 0.2) is 47.5 Å². The third-order valence-electron chi connectivity index (χ3n) is 4.84. The zero-order chi connectivity index (χ0) is 14.2. The molecular weight excluding hydrogens is 276 g/mol. The lowest BCUT2D eigenvalue weighted by atomic mass is 9.91. The minimum Gasteiger partial charge on any atom is -0.315 e. The van der Waals surface area contributed by atoms with Crippen LogP contribution in [-0.4, -0.2) is 23.3 Å². The minimum absolute atomic E-state index is 0.499. The minimum atomic E-state index is 0.499. The predicted octanol–water partition coefficient (Wildman–Crippen LogP) is 3.42. The molecule has 2 aliphatic rings. The van der Waals surface area contributed by atoms with E-state index >= 15 is 0 Å². The summed E-state index contributed by atoms with van der Waals surface area (Å²) < 4.78 is 0. The number of benzene rings is 1. The highest BCUT2D eigenvalue weighted by Crippen LogP contribution is 2.44. The molecule has 1 aromatic heterocycles. The molecule has 21 heavy (non-hydrogen) atoms. The molecule has 2 heterocycles. The summed E-state index contributed by atoms with van der Waals surface area (Å²) in [6.07, 6.45) is 5.52. The Balaban J connectivity index is 1.60. The maximum absolute atomic E-state index is 4.68. The molecule has 1 aromatic carbocycles. The molecule has 0 bridgehead atoms. The fraction of sp³-hybridized carbons (Fsp3) is 0.389. The van der Waals surface area contributed by atoms with Crippen LogP contribution in [0.3, 0.4) is 0 Å². The summed E-state index contributed by atoms with van der Waals surface area (Å²) in [6.45, 7) is 0. The Labute approximate surface area is 130 Å². The molecule has 0 spiro atoms. The van der Waals surface area contributed by atoms with Gasteiger partial charge < -0.3 is 5.32 Å². The molecule has 2 nitrogen and oxygen atoms in total. The third kappa shape index (κ3) is 2.29. The van der Waals surface area contributed by atoms with Crippen LogP contribution in [0, 0.1) is 0 Å². The lowest BCUT2D eigenvalue weighted by molar-refractivity contribution is 0.439. The van der Waals surface area contributed by atoms with Gasteiger partial charge in [0.1, 0.15) is 0 Å². The lowest BCUT2D eigenvalue weighted by Gasteiger charge is -2.28. The average molecular weight is 296 g/mol. The second-order valence-electron chi connectivity index (χ2n) is 5.98. The van der Waals surface area contributed by atoms with Gasteiger partial charge >= 0.3 is 0 Å². The molecule has 1 N–H and O–H groups in total. The topological polar surface area (TPSA) is 24.9 Å². The van der Waals surface area contributed by atoms with E-state index in [0.29, 0.717) is 17.2 Å². The van der Waals surface area contributed by atoms with Gasteiger partial charge in [-0.25, -0.2) is 0 Å². The standard InChI is InChI=1S/C18H20N2S/c1-19-18(14-9-8-12-6-4-10-20-17(12)14)16-11-13-5-2-3-7-15(13)21-16/h2-7,10,14,16,18-19H,8-9,11H2,1H3. The maximum atomic E-state index is 4.68. The summed E-state index contributed by atoms with van der Waals surface area (Å²) in [5.41, 5.74) is 4.28. The fourth-order valence-electron chi connectivity index (χ4n) is 3.85. The van der Waals surface area contributed by atoms with Gasteiger partial charge in [-0.3, -0.25) is 4.98 Å². The molecule has 0 saturated carbocycles. The van der Waals surface area contributed by atoms with Crippen molar-refractivity contribution in [2.45, 2.75) is 41.4 Å². The van der Waals surface area contributed by atoms with Crippen molar-refractivity contribution in [1.29, 1.82) is 0 Å². The first-order valence-corrected chi connectivity index (χ1v) is 8.60. The Morgan fingerprint density at radius 1 is 1.19 bits per heavy atom. The first-order valence-electron chi connectivity index (χ1n) is 7.72. The quantitative estimate of drug-likeness (QED) is 0.939. The zero-order valence-corrected chi connectivity index (χ0v) is 13.1. The van der Waals surface area contributed by atoms with Crippen LogP contribution in [-0.2, 0) is 12.8 Å². The number of fused-ring (bicyclic) bond motifs is 2. The van der Waals surface area contributed by atoms with Crippen LogP contribution < -0.4 is 5.32 Å². The van der Waals surface area contributed by atoms with Crippen molar-refractivity contribution in [3.8, 4) is 0 Å². The lowest BCUT2D eigenvalue weighted by Crippen LogP contribution is -2.40. The Morgan fingerprint density at radius 3 is 2.90 bits per heavy atom. The Kier molecular flexibility index (Phi) is 3.48. The summed E-state index contributed by atoms with van der Waals surface area (Å²) in [7, 11) is 2.11. The molecule has 0 saturated heterocycles. The van der Waals surface area contributed by atoms with E-state index in [-0.39, 0.29) is 0 Å². The van der Waals surface area contributed by atoms with Gasteiger partial charge in [-0.1, -0.05) is 24.3 Å². The number of nitrogens with zero attached hydrogens (tertiary/aromatic N) is 1. The van der Waals surface area contributed by atoms with Crippen molar-refractivity contribution in [1.82, 2.24) is 10.3 Å². The molecule has 0 radical (unpaired) electrons. The normalized spacial score (nSPS) is 24.6. The molecule has 3 atom stereocenters. The molecule has 4 rings (SSSR count). The van der Waals surface area contributed by atoms with E-state index in [4.69, 9.17) is 0 Å². The van der Waals surface area contributed by atoms with E-state index in [9.17, 15) is 0 Å². The summed E-state index contributed by atoms with van der Waals surface area (Å²) in [5, 5.41) is 4.22. The number of rotatable bonds is 3. The van der Waals surface area contributed by atoms with E-state index in [1.54, 1.807) is 0 Å². The fourth-order valence-corrected chi connectivity index (χ4v) is 5.37. The third-order valence-corrected chi connectivity index (χ3v) is 6.26. The van der Waals surface area contributed by atoms with Crippen LogP contribution in [0.5, 0.6) is 0 Å².